The van der Waals surface area contributed by atoms with Crippen LogP contribution in [0.15, 0.2) is 78.9 Å². The van der Waals surface area contributed by atoms with Gasteiger partial charge in [0, 0.05) is 12.6 Å². The summed E-state index contributed by atoms with van der Waals surface area (Å²) < 4.78 is 24.6. The molecule has 1 amide bonds. The quantitative estimate of drug-likeness (QED) is 0.576. The van der Waals surface area contributed by atoms with Crippen molar-refractivity contribution in [2.24, 2.45) is 0 Å². The highest BCUT2D eigenvalue weighted by Crippen LogP contribution is 2.16. The van der Waals surface area contributed by atoms with Crippen molar-refractivity contribution >= 4 is 5.91 Å². The number of benzene rings is 3. The summed E-state index contributed by atoms with van der Waals surface area (Å²) in [6, 6.07) is 23.1. The van der Waals surface area contributed by atoms with Gasteiger partial charge in [0.15, 0.2) is 11.6 Å². The summed E-state index contributed by atoms with van der Waals surface area (Å²) in [5.74, 6) is 0.459. The van der Waals surface area contributed by atoms with Gasteiger partial charge in [-0.15, -0.1) is 0 Å². The van der Waals surface area contributed by atoms with Gasteiger partial charge in [-0.25, -0.2) is 4.39 Å². The van der Waals surface area contributed by atoms with Gasteiger partial charge in [0.05, 0.1) is 6.54 Å². The second-order valence-corrected chi connectivity index (χ2v) is 6.30. The number of amides is 1. The molecule has 0 saturated carbocycles. The van der Waals surface area contributed by atoms with Gasteiger partial charge in [-0.3, -0.25) is 4.79 Å². The van der Waals surface area contributed by atoms with E-state index in [2.05, 4.69) is 0 Å². The van der Waals surface area contributed by atoms with Gasteiger partial charge < -0.3 is 14.4 Å². The minimum Gasteiger partial charge on any atom is -0.489 e. The first-order valence-corrected chi connectivity index (χ1v) is 9.03. The molecule has 0 aliphatic heterocycles. The zero-order valence-corrected chi connectivity index (χ0v) is 15.7. The lowest BCUT2D eigenvalue weighted by molar-refractivity contribution is 0.0773. The summed E-state index contributed by atoms with van der Waals surface area (Å²) in [6.45, 7) is 1.00. The van der Waals surface area contributed by atoms with Gasteiger partial charge in [-0.05, 0) is 42.0 Å². The predicted octanol–water partition coefficient (Wildman–Crippen LogP) is 4.56. The van der Waals surface area contributed by atoms with Crippen LogP contribution in [0.25, 0.3) is 0 Å². The maximum atomic E-state index is 13.5. The maximum Gasteiger partial charge on any atom is 0.253 e. The fourth-order valence-electron chi connectivity index (χ4n) is 2.60. The molecule has 3 rings (SSSR count). The van der Waals surface area contributed by atoms with E-state index in [0.29, 0.717) is 18.7 Å². The van der Waals surface area contributed by atoms with Crippen molar-refractivity contribution in [3.05, 3.63) is 95.8 Å². The summed E-state index contributed by atoms with van der Waals surface area (Å²) in [5, 5.41) is 0. The van der Waals surface area contributed by atoms with Crippen LogP contribution in [-0.2, 0) is 6.61 Å². The van der Waals surface area contributed by atoms with E-state index in [4.69, 9.17) is 9.47 Å². The average Bonchev–Trinajstić information content (AvgIpc) is 2.74. The second-order valence-electron chi connectivity index (χ2n) is 6.30. The lowest BCUT2D eigenvalue weighted by atomic mass is 10.1. The first kappa shape index (κ1) is 19.4. The fourth-order valence-corrected chi connectivity index (χ4v) is 2.60. The maximum absolute atomic E-state index is 13.5. The number of nitrogens with zero attached hydrogens (tertiary/aromatic N) is 1. The average molecular weight is 379 g/mol. The summed E-state index contributed by atoms with van der Waals surface area (Å²) in [7, 11) is 1.69. The predicted molar refractivity (Wildman–Crippen MR) is 106 cm³/mol. The Hall–Kier alpha value is -3.34. The Morgan fingerprint density at radius 1 is 0.893 bits per heavy atom. The number of ether oxygens (including phenoxy) is 2. The zero-order chi connectivity index (χ0) is 19.8. The van der Waals surface area contributed by atoms with Crippen LogP contribution in [0, 0.1) is 5.82 Å². The molecule has 5 heteroatoms. The summed E-state index contributed by atoms with van der Waals surface area (Å²) >= 11 is 0. The lowest BCUT2D eigenvalue weighted by Gasteiger charge is -2.18. The van der Waals surface area contributed by atoms with E-state index in [1.165, 1.54) is 6.07 Å². The van der Waals surface area contributed by atoms with Crippen molar-refractivity contribution in [1.82, 2.24) is 4.90 Å². The minimum atomic E-state index is -0.412. The molecule has 3 aromatic carbocycles. The van der Waals surface area contributed by atoms with Crippen molar-refractivity contribution in [2.75, 3.05) is 20.2 Å². The summed E-state index contributed by atoms with van der Waals surface area (Å²) in [5.41, 5.74) is 1.56. The van der Waals surface area contributed by atoms with E-state index in [9.17, 15) is 9.18 Å². The van der Waals surface area contributed by atoms with Gasteiger partial charge in [0.2, 0.25) is 0 Å². The van der Waals surface area contributed by atoms with Crippen molar-refractivity contribution < 1.29 is 18.7 Å². The molecule has 0 atom stereocenters. The molecular weight excluding hydrogens is 357 g/mol. The number of halogens is 1. The molecule has 3 aromatic rings. The number of hydrogen-bond acceptors (Lipinski definition) is 3. The third-order valence-corrected chi connectivity index (χ3v) is 4.22. The SMILES string of the molecule is CN(CCOc1ccccc1F)C(=O)c1ccc(COc2ccccc2)cc1. The second kappa shape index (κ2) is 9.55. The molecule has 144 valence electrons. The monoisotopic (exact) mass is 379 g/mol. The van der Waals surface area contributed by atoms with Crippen molar-refractivity contribution in [3.8, 4) is 11.5 Å². The Kier molecular flexibility index (Phi) is 6.63. The molecule has 0 fully saturated rings. The highest BCUT2D eigenvalue weighted by Gasteiger charge is 2.12. The van der Waals surface area contributed by atoms with E-state index in [0.717, 1.165) is 11.3 Å². The van der Waals surface area contributed by atoms with Crippen LogP contribution in [-0.4, -0.2) is 31.0 Å². The number of likely N-dealkylation sites (N-methyl/N-ethyl adjacent to an activating group) is 1. The zero-order valence-electron chi connectivity index (χ0n) is 15.7. The van der Waals surface area contributed by atoms with Crippen LogP contribution in [0.3, 0.4) is 0 Å². The van der Waals surface area contributed by atoms with Crippen LogP contribution in [0.4, 0.5) is 4.39 Å². The Morgan fingerprint density at radius 3 is 2.29 bits per heavy atom. The lowest BCUT2D eigenvalue weighted by Crippen LogP contribution is -2.30. The summed E-state index contributed by atoms with van der Waals surface area (Å²) in [6.07, 6.45) is 0. The van der Waals surface area contributed by atoms with Crippen molar-refractivity contribution in [1.29, 1.82) is 0 Å². The molecular formula is C23H22FNO3. The molecule has 28 heavy (non-hydrogen) atoms. The van der Waals surface area contributed by atoms with Crippen molar-refractivity contribution in [2.45, 2.75) is 6.61 Å². The molecule has 0 aliphatic rings. The van der Waals surface area contributed by atoms with E-state index in [1.54, 1.807) is 42.3 Å². The minimum absolute atomic E-state index is 0.118. The van der Waals surface area contributed by atoms with Crippen LogP contribution < -0.4 is 9.47 Å². The molecule has 0 heterocycles. The highest BCUT2D eigenvalue weighted by molar-refractivity contribution is 5.94. The largest absolute Gasteiger partial charge is 0.489 e. The van der Waals surface area contributed by atoms with E-state index < -0.39 is 5.82 Å². The third kappa shape index (κ3) is 5.33. The molecule has 0 bridgehead atoms. The van der Waals surface area contributed by atoms with Crippen LogP contribution in [0.2, 0.25) is 0 Å². The number of carbonyl (C=O) groups is 1. The molecule has 0 radical (unpaired) electrons. The molecule has 0 spiro atoms. The Balaban J connectivity index is 1.48. The van der Waals surface area contributed by atoms with Gasteiger partial charge in [-0.1, -0.05) is 42.5 Å². The van der Waals surface area contributed by atoms with Crippen molar-refractivity contribution in [3.63, 3.8) is 0 Å². The third-order valence-electron chi connectivity index (χ3n) is 4.22. The normalized spacial score (nSPS) is 10.4. The van der Waals surface area contributed by atoms with Gasteiger partial charge in [0.25, 0.3) is 5.91 Å². The molecule has 0 aromatic heterocycles. The molecule has 0 aliphatic carbocycles. The summed E-state index contributed by atoms with van der Waals surface area (Å²) in [4.78, 5) is 14.1. The van der Waals surface area contributed by atoms with E-state index in [-0.39, 0.29) is 18.3 Å². The van der Waals surface area contributed by atoms with Crippen LogP contribution >= 0.6 is 0 Å². The molecule has 0 N–H and O–H groups in total. The number of rotatable bonds is 8. The molecule has 4 nitrogen and oxygen atoms in total. The standard InChI is InChI=1S/C23H22FNO3/c1-25(15-16-27-22-10-6-5-9-21(22)24)23(26)19-13-11-18(12-14-19)17-28-20-7-3-2-4-8-20/h2-14H,15-17H2,1H3. The Morgan fingerprint density at radius 2 is 1.57 bits per heavy atom. The fraction of sp³-hybridized carbons (Fsp3) is 0.174. The molecule has 0 unspecified atom stereocenters. The van der Waals surface area contributed by atoms with Crippen LogP contribution in [0.5, 0.6) is 11.5 Å². The number of carbonyl (C=O) groups excluding carboxylic acids is 1. The molecule has 0 saturated heterocycles. The number of para-hydroxylation sites is 2. The number of hydrogen-bond donors (Lipinski definition) is 0. The van der Waals surface area contributed by atoms with E-state index >= 15 is 0 Å². The highest BCUT2D eigenvalue weighted by atomic mass is 19.1. The topological polar surface area (TPSA) is 38.8 Å². The first-order chi connectivity index (χ1) is 13.6. The smallest absolute Gasteiger partial charge is 0.253 e. The van der Waals surface area contributed by atoms with Gasteiger partial charge in [0.1, 0.15) is 19.0 Å². The van der Waals surface area contributed by atoms with E-state index in [1.807, 2.05) is 42.5 Å². The van der Waals surface area contributed by atoms with Gasteiger partial charge >= 0.3 is 0 Å². The van der Waals surface area contributed by atoms with Gasteiger partial charge in [-0.2, -0.15) is 0 Å². The van der Waals surface area contributed by atoms with Crippen LogP contribution in [0.1, 0.15) is 15.9 Å². The Bertz CT molecular complexity index is 897. The Labute approximate surface area is 164 Å². The first-order valence-electron chi connectivity index (χ1n) is 9.03.